The predicted octanol–water partition coefficient (Wildman–Crippen LogP) is 16.7. The van der Waals surface area contributed by atoms with Crippen molar-refractivity contribution in [2.75, 3.05) is 4.90 Å². The third-order valence-corrected chi connectivity index (χ3v) is 15.4. The first-order valence-electron chi connectivity index (χ1n) is 23.4. The summed E-state index contributed by atoms with van der Waals surface area (Å²) < 4.78 is 2.59. The van der Waals surface area contributed by atoms with E-state index in [1.165, 1.54) is 53.6 Å². The zero-order valence-electron chi connectivity index (χ0n) is 37.3. The summed E-state index contributed by atoms with van der Waals surface area (Å²) in [6.45, 7) is 0. The van der Waals surface area contributed by atoms with Gasteiger partial charge in [0.05, 0.1) is 16.8 Å². The molecule has 5 heteroatoms. The first kappa shape index (κ1) is 39.4. The molecule has 1 spiro atoms. The van der Waals surface area contributed by atoms with Crippen LogP contribution < -0.4 is 4.90 Å². The molecule has 0 saturated heterocycles. The van der Waals surface area contributed by atoms with Gasteiger partial charge in [-0.3, -0.25) is 0 Å². The lowest BCUT2D eigenvalue weighted by Gasteiger charge is -2.45. The van der Waals surface area contributed by atoms with Crippen LogP contribution in [0.5, 0.6) is 0 Å². The SMILES string of the molecule is c1ccc(-c2ccccc2-c2nc(-c3ccc(-c4cccc5c4sc4ccccc45)cc3)nc(-c3cccc4c3-c3ccccc3C43c4ccccc4N(c4ccccc4)c4ccccc43)n2)cc1. The van der Waals surface area contributed by atoms with Crippen LogP contribution in [0.1, 0.15) is 22.3 Å². The Morgan fingerprint density at radius 1 is 0.319 bits per heavy atom. The normalized spacial score (nSPS) is 13.0. The smallest absolute Gasteiger partial charge is 0.164 e. The van der Waals surface area contributed by atoms with E-state index in [0.29, 0.717) is 17.5 Å². The maximum Gasteiger partial charge on any atom is 0.164 e. The van der Waals surface area contributed by atoms with Crippen molar-refractivity contribution >= 4 is 48.6 Å². The van der Waals surface area contributed by atoms with Gasteiger partial charge in [0.2, 0.25) is 0 Å². The van der Waals surface area contributed by atoms with Crippen LogP contribution in [0.2, 0.25) is 0 Å². The van der Waals surface area contributed by atoms with E-state index >= 15 is 0 Å². The molecule has 2 aromatic heterocycles. The molecule has 2 aliphatic rings. The lowest BCUT2D eigenvalue weighted by Crippen LogP contribution is -2.36. The molecule has 0 N–H and O–H groups in total. The number of fused-ring (bicyclic) bond motifs is 12. The molecule has 0 fully saturated rings. The number of hydrogen-bond donors (Lipinski definition) is 0. The molecule has 0 atom stereocenters. The number of nitrogens with zero attached hydrogens (tertiary/aromatic N) is 4. The number of thiophene rings is 1. The topological polar surface area (TPSA) is 41.9 Å². The van der Waals surface area contributed by atoms with E-state index in [1.807, 2.05) is 11.3 Å². The fourth-order valence-electron chi connectivity index (χ4n) is 11.3. The molecule has 14 rings (SSSR count). The monoisotopic (exact) mass is 896 g/mol. The van der Waals surface area contributed by atoms with Crippen molar-refractivity contribution in [1.82, 2.24) is 15.0 Å². The van der Waals surface area contributed by atoms with E-state index in [4.69, 9.17) is 15.0 Å². The van der Waals surface area contributed by atoms with Gasteiger partial charge in [0.1, 0.15) is 0 Å². The molecule has 4 nitrogen and oxygen atoms in total. The van der Waals surface area contributed by atoms with Crippen LogP contribution in [0, 0.1) is 0 Å². The van der Waals surface area contributed by atoms with Gasteiger partial charge < -0.3 is 4.90 Å². The van der Waals surface area contributed by atoms with E-state index < -0.39 is 5.41 Å². The Morgan fingerprint density at radius 2 is 0.812 bits per heavy atom. The summed E-state index contributed by atoms with van der Waals surface area (Å²) in [6.07, 6.45) is 0. The standard InChI is InChI=1S/C64H40N4S/c1-3-19-41(20-4-1)45-23-7-8-25-49(45)62-65-61(43-39-37-42(38-40-43)46-27-17-28-48-47-24-10-16-36-58(47)69-60(46)48)66-63(67-62)51-29-18-33-55-59(51)50-26-9-11-30-52(50)64(55)53-31-12-14-34-56(53)68(44-21-5-2-6-22-44)57-35-15-13-32-54(57)64/h1-40H. The van der Waals surface area contributed by atoms with E-state index in [1.54, 1.807) is 0 Å². The van der Waals surface area contributed by atoms with Crippen molar-refractivity contribution in [3.63, 3.8) is 0 Å². The van der Waals surface area contributed by atoms with E-state index in [9.17, 15) is 0 Å². The summed E-state index contributed by atoms with van der Waals surface area (Å²) in [5.41, 5.74) is 17.4. The Labute approximate surface area is 404 Å². The molecular formula is C64H40N4S. The molecule has 0 bridgehead atoms. The summed E-state index contributed by atoms with van der Waals surface area (Å²) in [5, 5.41) is 2.58. The molecule has 0 unspecified atom stereocenters. The van der Waals surface area contributed by atoms with Crippen LogP contribution >= 0.6 is 11.3 Å². The molecule has 10 aromatic carbocycles. The average Bonchev–Trinajstić information content (AvgIpc) is 3.96. The van der Waals surface area contributed by atoms with Crippen LogP contribution in [-0.2, 0) is 5.41 Å². The van der Waals surface area contributed by atoms with E-state index in [-0.39, 0.29) is 0 Å². The Bertz CT molecular complexity index is 3920. The van der Waals surface area contributed by atoms with Gasteiger partial charge in [-0.1, -0.05) is 212 Å². The average molecular weight is 897 g/mol. The molecule has 12 aromatic rings. The van der Waals surface area contributed by atoms with Crippen molar-refractivity contribution < 1.29 is 0 Å². The highest BCUT2D eigenvalue weighted by atomic mass is 32.1. The number of anilines is 3. The Morgan fingerprint density at radius 3 is 1.57 bits per heavy atom. The van der Waals surface area contributed by atoms with Crippen molar-refractivity contribution in [1.29, 1.82) is 0 Å². The quantitative estimate of drug-likeness (QED) is 0.167. The minimum absolute atomic E-state index is 0.619. The van der Waals surface area contributed by atoms with E-state index in [2.05, 4.69) is 248 Å². The highest BCUT2D eigenvalue weighted by molar-refractivity contribution is 7.26. The molecule has 0 saturated carbocycles. The lowest BCUT2D eigenvalue weighted by molar-refractivity contribution is 0.752. The third kappa shape index (κ3) is 5.97. The van der Waals surface area contributed by atoms with Gasteiger partial charge in [-0.05, 0) is 86.0 Å². The van der Waals surface area contributed by atoms with Gasteiger partial charge in [0, 0.05) is 42.6 Å². The maximum atomic E-state index is 5.50. The van der Waals surface area contributed by atoms with Gasteiger partial charge in [0.25, 0.3) is 0 Å². The van der Waals surface area contributed by atoms with Crippen molar-refractivity contribution in [3.8, 4) is 67.5 Å². The number of aromatic nitrogens is 3. The van der Waals surface area contributed by atoms with Gasteiger partial charge >= 0.3 is 0 Å². The number of rotatable bonds is 6. The molecule has 0 amide bonds. The summed E-state index contributed by atoms with van der Waals surface area (Å²) in [4.78, 5) is 18.8. The zero-order chi connectivity index (χ0) is 45.5. The largest absolute Gasteiger partial charge is 0.310 e. The van der Waals surface area contributed by atoms with Crippen molar-refractivity contribution in [2.45, 2.75) is 5.41 Å². The summed E-state index contributed by atoms with van der Waals surface area (Å²) in [5.74, 6) is 1.87. The minimum Gasteiger partial charge on any atom is -0.310 e. The first-order valence-corrected chi connectivity index (χ1v) is 24.3. The van der Waals surface area contributed by atoms with Crippen LogP contribution in [0.25, 0.3) is 87.7 Å². The van der Waals surface area contributed by atoms with Gasteiger partial charge in [-0.25, -0.2) is 15.0 Å². The number of hydrogen-bond acceptors (Lipinski definition) is 5. The van der Waals surface area contributed by atoms with Crippen LogP contribution in [0.15, 0.2) is 243 Å². The lowest BCUT2D eigenvalue weighted by atomic mass is 9.64. The van der Waals surface area contributed by atoms with Gasteiger partial charge in [0.15, 0.2) is 17.5 Å². The Hall–Kier alpha value is -8.77. The molecule has 1 aliphatic carbocycles. The summed E-state index contributed by atoms with van der Waals surface area (Å²) in [7, 11) is 0. The molecule has 322 valence electrons. The second-order valence-corrected chi connectivity index (χ2v) is 18.9. The fourth-order valence-corrected chi connectivity index (χ4v) is 12.5. The summed E-state index contributed by atoms with van der Waals surface area (Å²) in [6, 6.07) is 87.3. The number of benzene rings is 10. The third-order valence-electron chi connectivity index (χ3n) is 14.2. The highest BCUT2D eigenvalue weighted by Crippen LogP contribution is 2.64. The van der Waals surface area contributed by atoms with Crippen molar-refractivity contribution in [2.24, 2.45) is 0 Å². The second-order valence-electron chi connectivity index (χ2n) is 17.8. The minimum atomic E-state index is -0.619. The molecule has 69 heavy (non-hydrogen) atoms. The fraction of sp³-hybridized carbons (Fsp3) is 0.0156. The zero-order valence-corrected chi connectivity index (χ0v) is 38.1. The Kier molecular flexibility index (Phi) is 8.95. The van der Waals surface area contributed by atoms with Crippen LogP contribution in [0.4, 0.5) is 17.1 Å². The molecule has 1 aliphatic heterocycles. The number of para-hydroxylation sites is 3. The second kappa shape index (κ2) is 15.7. The predicted molar refractivity (Wildman–Crippen MR) is 285 cm³/mol. The Balaban J connectivity index is 0.991. The van der Waals surface area contributed by atoms with Gasteiger partial charge in [-0.2, -0.15) is 0 Å². The maximum absolute atomic E-state index is 5.50. The van der Waals surface area contributed by atoms with Crippen molar-refractivity contribution in [3.05, 3.63) is 265 Å². The highest BCUT2D eigenvalue weighted by Gasteiger charge is 2.52. The van der Waals surface area contributed by atoms with Crippen LogP contribution in [0.3, 0.4) is 0 Å². The van der Waals surface area contributed by atoms with Crippen LogP contribution in [-0.4, -0.2) is 15.0 Å². The van der Waals surface area contributed by atoms with Gasteiger partial charge in [-0.15, -0.1) is 11.3 Å². The molecule has 3 heterocycles. The van der Waals surface area contributed by atoms with E-state index in [0.717, 1.165) is 56.0 Å². The molecular weight excluding hydrogens is 857 g/mol. The summed E-state index contributed by atoms with van der Waals surface area (Å²) >= 11 is 1.85. The first-order chi connectivity index (χ1) is 34.2. The molecule has 0 radical (unpaired) electrons.